The molecule has 0 aromatic carbocycles. The maximum atomic E-state index is 12.8. The molecule has 10 heteroatoms. The van der Waals surface area contributed by atoms with Gasteiger partial charge in [-0.1, -0.05) is 249 Å². The number of carbonyl (C=O) groups is 2. The lowest BCUT2D eigenvalue weighted by atomic mass is 10.0. The topological polar surface area (TPSA) is 111 Å². The third-order valence-electron chi connectivity index (χ3n) is 12.6. The molecule has 0 rings (SSSR count). The summed E-state index contributed by atoms with van der Waals surface area (Å²) in [6.07, 6.45) is 62.9. The van der Waals surface area contributed by atoms with Gasteiger partial charge >= 0.3 is 11.9 Å². The molecule has 404 valence electrons. The highest BCUT2D eigenvalue weighted by Gasteiger charge is 2.22. The van der Waals surface area contributed by atoms with Crippen molar-refractivity contribution in [2.75, 3.05) is 47.5 Å². The van der Waals surface area contributed by atoms with Gasteiger partial charge in [-0.2, -0.15) is 0 Å². The van der Waals surface area contributed by atoms with Crippen molar-refractivity contribution in [1.82, 2.24) is 0 Å². The van der Waals surface area contributed by atoms with E-state index in [1.165, 1.54) is 167 Å². The molecule has 2 atom stereocenters. The quantitative estimate of drug-likeness (QED) is 0.0195. The van der Waals surface area contributed by atoms with Gasteiger partial charge in [0, 0.05) is 12.8 Å². The second kappa shape index (κ2) is 50.9. The molecule has 0 aromatic rings. The van der Waals surface area contributed by atoms with Crippen molar-refractivity contribution in [1.29, 1.82) is 0 Å². The van der Waals surface area contributed by atoms with Crippen molar-refractivity contribution in [2.45, 2.75) is 270 Å². The van der Waals surface area contributed by atoms with Gasteiger partial charge in [-0.05, 0) is 51.4 Å². The summed E-state index contributed by atoms with van der Waals surface area (Å²) in [4.78, 5) is 37.8. The van der Waals surface area contributed by atoms with Gasteiger partial charge in [0.25, 0.3) is 7.82 Å². The zero-order chi connectivity index (χ0) is 50.6. The molecular formula is C59H110NO8P. The second-order valence-electron chi connectivity index (χ2n) is 20.6. The Bertz CT molecular complexity index is 1310. The Kier molecular flexibility index (Phi) is 49.4. The van der Waals surface area contributed by atoms with Crippen LogP contribution in [-0.4, -0.2) is 70.0 Å². The van der Waals surface area contributed by atoms with Crippen molar-refractivity contribution in [3.05, 3.63) is 48.6 Å². The van der Waals surface area contributed by atoms with Crippen LogP contribution in [0, 0.1) is 0 Å². The van der Waals surface area contributed by atoms with Gasteiger partial charge < -0.3 is 27.9 Å². The van der Waals surface area contributed by atoms with E-state index in [2.05, 4.69) is 62.5 Å². The average Bonchev–Trinajstić information content (AvgIpc) is 3.31. The maximum absolute atomic E-state index is 12.8. The number of allylic oxidation sites excluding steroid dienone is 8. The van der Waals surface area contributed by atoms with Crippen LogP contribution >= 0.6 is 7.82 Å². The Hall–Kier alpha value is -2.03. The number of unbranched alkanes of at least 4 members (excludes halogenated alkanes) is 31. The zero-order valence-electron chi connectivity index (χ0n) is 45.8. The molecule has 0 aliphatic heterocycles. The summed E-state index contributed by atoms with van der Waals surface area (Å²) in [6, 6.07) is 0. The molecule has 0 radical (unpaired) electrons. The zero-order valence-corrected chi connectivity index (χ0v) is 46.7. The van der Waals surface area contributed by atoms with Crippen LogP contribution in [0.1, 0.15) is 264 Å². The number of carbonyl (C=O) groups excluding carboxylic acids is 2. The van der Waals surface area contributed by atoms with Gasteiger partial charge in [-0.25, -0.2) is 0 Å². The van der Waals surface area contributed by atoms with E-state index in [0.717, 1.165) is 64.2 Å². The summed E-state index contributed by atoms with van der Waals surface area (Å²) < 4.78 is 34.2. The highest BCUT2D eigenvalue weighted by atomic mass is 31.2. The molecule has 0 heterocycles. The van der Waals surface area contributed by atoms with E-state index < -0.39 is 26.5 Å². The molecule has 0 aromatic heterocycles. The summed E-state index contributed by atoms with van der Waals surface area (Å²) in [7, 11) is 1.17. The van der Waals surface area contributed by atoms with E-state index in [1.807, 2.05) is 21.1 Å². The van der Waals surface area contributed by atoms with Crippen LogP contribution in [0.25, 0.3) is 0 Å². The first-order chi connectivity index (χ1) is 33.5. The van der Waals surface area contributed by atoms with Gasteiger partial charge in [0.1, 0.15) is 19.8 Å². The lowest BCUT2D eigenvalue weighted by Crippen LogP contribution is -2.37. The van der Waals surface area contributed by atoms with Gasteiger partial charge in [0.15, 0.2) is 6.10 Å². The molecule has 0 N–H and O–H groups in total. The minimum atomic E-state index is -4.63. The molecule has 0 aliphatic carbocycles. The van der Waals surface area contributed by atoms with Crippen LogP contribution in [0.15, 0.2) is 48.6 Å². The maximum Gasteiger partial charge on any atom is 0.306 e. The van der Waals surface area contributed by atoms with E-state index in [9.17, 15) is 19.0 Å². The standard InChI is InChI=1S/C59H110NO8P/c1-6-8-10-12-14-16-18-20-22-24-26-27-28-29-30-31-32-33-34-36-38-40-42-44-46-48-50-52-59(62)68-57(56-67-69(63,64)66-54-53-60(3,4)5)55-65-58(61)51-49-47-45-43-41-39-37-35-25-23-21-19-17-15-13-11-9-7-2/h8,10,14,16,20,22,26-27,57H,6-7,9,11-13,15,17-19,21,23-25,28-56H2,1-5H3/b10-8-,16-14-,22-20-,27-26-. The predicted octanol–water partition coefficient (Wildman–Crippen LogP) is 17.1. The Morgan fingerprint density at radius 2 is 0.826 bits per heavy atom. The number of esters is 2. The van der Waals surface area contributed by atoms with Crippen LogP contribution in [0.4, 0.5) is 0 Å². The highest BCUT2D eigenvalue weighted by Crippen LogP contribution is 2.38. The van der Waals surface area contributed by atoms with E-state index in [-0.39, 0.29) is 32.0 Å². The molecule has 0 spiro atoms. The summed E-state index contributed by atoms with van der Waals surface area (Å²) in [5.41, 5.74) is 0. The average molecular weight is 993 g/mol. The third-order valence-corrected chi connectivity index (χ3v) is 13.6. The highest BCUT2D eigenvalue weighted by molar-refractivity contribution is 7.45. The molecule has 0 fully saturated rings. The van der Waals surface area contributed by atoms with Crippen molar-refractivity contribution in [3.63, 3.8) is 0 Å². The Labute approximate surface area is 426 Å². The number of hydrogen-bond acceptors (Lipinski definition) is 8. The molecule has 0 saturated heterocycles. The minimum absolute atomic E-state index is 0.0297. The van der Waals surface area contributed by atoms with Gasteiger partial charge in [0.05, 0.1) is 27.7 Å². The van der Waals surface area contributed by atoms with Gasteiger partial charge in [-0.15, -0.1) is 0 Å². The molecule has 69 heavy (non-hydrogen) atoms. The van der Waals surface area contributed by atoms with Crippen LogP contribution in [-0.2, 0) is 32.7 Å². The van der Waals surface area contributed by atoms with Crippen molar-refractivity contribution in [3.8, 4) is 0 Å². The lowest BCUT2D eigenvalue weighted by molar-refractivity contribution is -0.870. The van der Waals surface area contributed by atoms with Crippen molar-refractivity contribution in [2.24, 2.45) is 0 Å². The van der Waals surface area contributed by atoms with Crippen LogP contribution in [0.3, 0.4) is 0 Å². The van der Waals surface area contributed by atoms with E-state index in [0.29, 0.717) is 17.4 Å². The monoisotopic (exact) mass is 992 g/mol. The predicted molar refractivity (Wildman–Crippen MR) is 291 cm³/mol. The summed E-state index contributed by atoms with van der Waals surface area (Å²) in [5, 5.41) is 0. The Morgan fingerprint density at radius 1 is 0.464 bits per heavy atom. The molecule has 9 nitrogen and oxygen atoms in total. The fourth-order valence-corrected chi connectivity index (χ4v) is 8.91. The number of phosphoric ester groups is 1. The number of nitrogens with zero attached hydrogens (tertiary/aromatic N) is 1. The SMILES string of the molecule is CC/C=C\C/C=C\C/C=C\C/C=C\CCCCCCCCCCCCCCCCC(=O)OC(COC(=O)CCCCCCCCCCCCCCCCCCCC)COP(=O)([O-])OCC[N+](C)(C)C. The fraction of sp³-hybridized carbons (Fsp3) is 0.831. The molecule has 0 bridgehead atoms. The van der Waals surface area contributed by atoms with Crippen LogP contribution < -0.4 is 4.89 Å². The van der Waals surface area contributed by atoms with Crippen LogP contribution in [0.5, 0.6) is 0 Å². The van der Waals surface area contributed by atoms with E-state index >= 15 is 0 Å². The Balaban J connectivity index is 4.13. The first-order valence-corrected chi connectivity index (χ1v) is 30.3. The number of rotatable bonds is 53. The van der Waals surface area contributed by atoms with Crippen molar-refractivity contribution < 1.29 is 42.1 Å². The van der Waals surface area contributed by atoms with Gasteiger partial charge in [-0.3, -0.25) is 14.2 Å². The van der Waals surface area contributed by atoms with Crippen molar-refractivity contribution >= 4 is 19.8 Å². The third kappa shape index (κ3) is 55.1. The van der Waals surface area contributed by atoms with Gasteiger partial charge in [0.2, 0.25) is 0 Å². The van der Waals surface area contributed by atoms with E-state index in [4.69, 9.17) is 18.5 Å². The summed E-state index contributed by atoms with van der Waals surface area (Å²) in [5.74, 6) is -0.822. The number of hydrogen-bond donors (Lipinski definition) is 0. The summed E-state index contributed by atoms with van der Waals surface area (Å²) >= 11 is 0. The smallest absolute Gasteiger partial charge is 0.306 e. The minimum Gasteiger partial charge on any atom is -0.756 e. The molecule has 0 aliphatic rings. The lowest BCUT2D eigenvalue weighted by Gasteiger charge is -2.28. The number of phosphoric acid groups is 1. The van der Waals surface area contributed by atoms with E-state index in [1.54, 1.807) is 0 Å². The first kappa shape index (κ1) is 67.0. The number of ether oxygens (including phenoxy) is 2. The number of quaternary nitrogens is 1. The molecular weight excluding hydrogens is 882 g/mol. The fourth-order valence-electron chi connectivity index (χ4n) is 8.18. The van der Waals surface area contributed by atoms with Crippen LogP contribution in [0.2, 0.25) is 0 Å². The Morgan fingerprint density at radius 3 is 1.23 bits per heavy atom. The molecule has 0 amide bonds. The number of likely N-dealkylation sites (N-methyl/N-ethyl adjacent to an activating group) is 1. The summed E-state index contributed by atoms with van der Waals surface area (Å²) in [6.45, 7) is 4.16. The molecule has 2 unspecified atom stereocenters. The molecule has 0 saturated carbocycles. The first-order valence-electron chi connectivity index (χ1n) is 28.8. The normalized spacial score (nSPS) is 13.7. The second-order valence-corrected chi connectivity index (χ2v) is 22.0. The largest absolute Gasteiger partial charge is 0.756 e.